The van der Waals surface area contributed by atoms with Crippen LogP contribution in [0.15, 0.2) is 47.1 Å². The Morgan fingerprint density at radius 2 is 1.96 bits per heavy atom. The zero-order chi connectivity index (χ0) is 19.2. The third kappa shape index (κ3) is 3.09. The van der Waals surface area contributed by atoms with Crippen LogP contribution in [-0.2, 0) is 16.6 Å². The number of allylic oxidation sites excluding steroid dienone is 4. The minimum absolute atomic E-state index is 0.0426. The van der Waals surface area contributed by atoms with Crippen molar-refractivity contribution in [3.8, 4) is 0 Å². The van der Waals surface area contributed by atoms with E-state index in [2.05, 4.69) is 52.5 Å². The second-order valence-electron chi connectivity index (χ2n) is 8.43. The van der Waals surface area contributed by atoms with Crippen molar-refractivity contribution >= 4 is 17.6 Å². The first-order valence-electron chi connectivity index (χ1n) is 9.36. The van der Waals surface area contributed by atoms with Gasteiger partial charge in [0.2, 0.25) is 0 Å². The molecule has 1 radical (unpaired) electrons. The summed E-state index contributed by atoms with van der Waals surface area (Å²) < 4.78 is 0. The average molecular weight is 346 g/mol. The molecule has 0 saturated carbocycles. The lowest BCUT2D eigenvalue weighted by molar-refractivity contribution is -0.114. The Kier molecular flexibility index (Phi) is 4.56. The van der Waals surface area contributed by atoms with E-state index in [1.165, 1.54) is 27.8 Å². The highest BCUT2D eigenvalue weighted by Gasteiger charge is 2.27. The van der Waals surface area contributed by atoms with E-state index in [1.54, 1.807) is 0 Å². The normalized spacial score (nSPS) is 17.2. The van der Waals surface area contributed by atoms with E-state index in [0.29, 0.717) is 12.0 Å². The number of carbonyl (C=O) groups excluding carboxylic acids is 1. The van der Waals surface area contributed by atoms with Gasteiger partial charge in [-0.05, 0) is 70.6 Å². The largest absolute Gasteiger partial charge is 0.269 e. The topological polar surface area (TPSA) is 40.9 Å². The van der Waals surface area contributed by atoms with Gasteiger partial charge in [0, 0.05) is 5.57 Å². The molecule has 135 valence electrons. The number of rotatable bonds is 3. The Hall–Kier alpha value is -2.35. The number of hydrogen-bond acceptors (Lipinski definition) is 1. The van der Waals surface area contributed by atoms with Gasteiger partial charge < -0.3 is 0 Å². The Bertz CT molecular complexity index is 901. The van der Waals surface area contributed by atoms with Gasteiger partial charge in [-0.1, -0.05) is 64.1 Å². The fourth-order valence-corrected chi connectivity index (χ4v) is 3.94. The molecule has 0 bridgehead atoms. The number of nitrogens with one attached hydrogen (secondary N) is 1. The molecule has 26 heavy (non-hydrogen) atoms. The van der Waals surface area contributed by atoms with Crippen LogP contribution < -0.4 is 5.73 Å². The van der Waals surface area contributed by atoms with E-state index >= 15 is 0 Å². The highest BCUT2D eigenvalue weighted by molar-refractivity contribution is 6.02. The Morgan fingerprint density at radius 1 is 1.27 bits per heavy atom. The SMILES string of the molecule is C=C1CC=C(C([NH])=O)C(C)=C1c1cc(C(C)(C)C)cc2c1CC(CC)=C2. The van der Waals surface area contributed by atoms with Crippen LogP contribution in [0.1, 0.15) is 69.7 Å². The van der Waals surface area contributed by atoms with E-state index in [-0.39, 0.29) is 5.41 Å². The smallest absolute Gasteiger partial charge is 0.267 e. The number of benzene rings is 1. The number of hydrogen-bond donors (Lipinski definition) is 0. The molecule has 0 spiro atoms. The summed E-state index contributed by atoms with van der Waals surface area (Å²) in [5.74, 6) is -0.608. The van der Waals surface area contributed by atoms with Gasteiger partial charge in [-0.25, -0.2) is 0 Å². The fraction of sp³-hybridized carbons (Fsp3) is 0.375. The van der Waals surface area contributed by atoms with Crippen LogP contribution in [0.4, 0.5) is 0 Å². The maximum atomic E-state index is 11.8. The van der Waals surface area contributed by atoms with Crippen molar-refractivity contribution in [1.29, 1.82) is 0 Å². The van der Waals surface area contributed by atoms with Crippen molar-refractivity contribution in [3.63, 3.8) is 0 Å². The summed E-state index contributed by atoms with van der Waals surface area (Å²) in [4.78, 5) is 11.8. The molecule has 2 aliphatic rings. The second-order valence-corrected chi connectivity index (χ2v) is 8.43. The lowest BCUT2D eigenvalue weighted by Crippen LogP contribution is -2.15. The van der Waals surface area contributed by atoms with Crippen LogP contribution >= 0.6 is 0 Å². The summed E-state index contributed by atoms with van der Waals surface area (Å²) in [6.45, 7) is 15.1. The van der Waals surface area contributed by atoms with Crippen LogP contribution in [0.2, 0.25) is 0 Å². The summed E-state index contributed by atoms with van der Waals surface area (Å²) >= 11 is 0. The third-order valence-corrected chi connectivity index (χ3v) is 5.57. The van der Waals surface area contributed by atoms with Crippen LogP contribution in [0.3, 0.4) is 0 Å². The summed E-state index contributed by atoms with van der Waals surface area (Å²) in [6, 6.07) is 4.60. The van der Waals surface area contributed by atoms with E-state index in [0.717, 1.165) is 29.6 Å². The molecule has 1 aromatic rings. The predicted octanol–water partition coefficient (Wildman–Crippen LogP) is 5.80. The van der Waals surface area contributed by atoms with Crippen LogP contribution in [-0.4, -0.2) is 5.91 Å². The van der Waals surface area contributed by atoms with Gasteiger partial charge in [0.25, 0.3) is 5.91 Å². The van der Waals surface area contributed by atoms with Gasteiger partial charge in [0.15, 0.2) is 0 Å². The van der Waals surface area contributed by atoms with E-state index in [1.807, 2.05) is 13.0 Å². The maximum Gasteiger partial charge on any atom is 0.269 e. The van der Waals surface area contributed by atoms with Crippen molar-refractivity contribution in [1.82, 2.24) is 5.73 Å². The molecule has 0 atom stereocenters. The Balaban J connectivity index is 2.28. The monoisotopic (exact) mass is 346 g/mol. The van der Waals surface area contributed by atoms with Crippen molar-refractivity contribution in [3.05, 3.63) is 69.3 Å². The average Bonchev–Trinajstić information content (AvgIpc) is 2.96. The molecule has 0 heterocycles. The van der Waals surface area contributed by atoms with Crippen LogP contribution in [0, 0.1) is 0 Å². The molecule has 2 aliphatic carbocycles. The summed E-state index contributed by atoms with van der Waals surface area (Å²) in [6.07, 6.45) is 6.81. The van der Waals surface area contributed by atoms with E-state index in [4.69, 9.17) is 5.73 Å². The number of amides is 1. The molecule has 3 rings (SSSR count). The molecule has 2 heteroatoms. The highest BCUT2D eigenvalue weighted by atomic mass is 16.1. The molecule has 0 saturated heterocycles. The van der Waals surface area contributed by atoms with Gasteiger partial charge in [-0.15, -0.1) is 0 Å². The first-order chi connectivity index (χ1) is 12.1. The molecule has 0 aromatic heterocycles. The molecule has 1 amide bonds. The summed E-state index contributed by atoms with van der Waals surface area (Å²) in [5.41, 5.74) is 17.7. The van der Waals surface area contributed by atoms with Crippen LogP contribution in [0.5, 0.6) is 0 Å². The zero-order valence-corrected chi connectivity index (χ0v) is 16.5. The van der Waals surface area contributed by atoms with Gasteiger partial charge in [0.1, 0.15) is 0 Å². The zero-order valence-electron chi connectivity index (χ0n) is 16.5. The number of fused-ring (bicyclic) bond motifs is 1. The van der Waals surface area contributed by atoms with Crippen molar-refractivity contribution in [2.45, 2.75) is 59.3 Å². The predicted molar refractivity (Wildman–Crippen MR) is 110 cm³/mol. The Labute approximate surface area is 157 Å². The molecule has 0 unspecified atom stereocenters. The first-order valence-corrected chi connectivity index (χ1v) is 9.36. The molecule has 1 N–H and O–H groups in total. The standard InChI is InChI=1S/C24H28NO/c1-7-16-10-17-12-18(24(4,5)6)13-21(20(17)11-16)22-14(2)8-9-19(15(22)3)23(25)26/h9-10,12-13,25H,2,7-8,11H2,1,3-6H3. The second kappa shape index (κ2) is 6.42. The van der Waals surface area contributed by atoms with Crippen molar-refractivity contribution in [2.24, 2.45) is 0 Å². The quantitative estimate of drug-likeness (QED) is 0.681. The molecular weight excluding hydrogens is 318 g/mol. The lowest BCUT2D eigenvalue weighted by Gasteiger charge is -2.26. The van der Waals surface area contributed by atoms with Gasteiger partial charge in [-0.2, -0.15) is 0 Å². The van der Waals surface area contributed by atoms with Gasteiger partial charge in [0.05, 0.1) is 0 Å². The third-order valence-electron chi connectivity index (χ3n) is 5.57. The summed E-state index contributed by atoms with van der Waals surface area (Å²) in [5, 5.41) is 0. The van der Waals surface area contributed by atoms with E-state index < -0.39 is 5.91 Å². The molecule has 0 fully saturated rings. The van der Waals surface area contributed by atoms with E-state index in [9.17, 15) is 4.79 Å². The first kappa shape index (κ1) is 18.4. The number of carbonyl (C=O) groups is 1. The minimum Gasteiger partial charge on any atom is -0.267 e. The van der Waals surface area contributed by atoms with Gasteiger partial charge >= 0.3 is 0 Å². The highest BCUT2D eigenvalue weighted by Crippen LogP contribution is 2.42. The van der Waals surface area contributed by atoms with Crippen molar-refractivity contribution in [2.75, 3.05) is 0 Å². The molecule has 2 nitrogen and oxygen atoms in total. The van der Waals surface area contributed by atoms with Gasteiger partial charge in [-0.3, -0.25) is 10.5 Å². The molecule has 1 aromatic carbocycles. The fourth-order valence-electron chi connectivity index (χ4n) is 3.94. The van der Waals surface area contributed by atoms with Crippen molar-refractivity contribution < 1.29 is 4.79 Å². The minimum atomic E-state index is -0.608. The Morgan fingerprint density at radius 3 is 2.54 bits per heavy atom. The molecule has 0 aliphatic heterocycles. The summed E-state index contributed by atoms with van der Waals surface area (Å²) in [7, 11) is 0. The van der Waals surface area contributed by atoms with Crippen LogP contribution in [0.25, 0.3) is 11.6 Å². The lowest BCUT2D eigenvalue weighted by atomic mass is 9.78. The molecular formula is C24H28NO. The maximum absolute atomic E-state index is 11.8.